The maximum Gasteiger partial charge on any atom is 0.0728 e. The SMILES string of the molecule is Cn1cc(NC2C3CC4CC(C3)CC2C4)cn1. The first kappa shape index (κ1) is 9.98. The van der Waals surface area contributed by atoms with Gasteiger partial charge in [0.15, 0.2) is 0 Å². The summed E-state index contributed by atoms with van der Waals surface area (Å²) in [5.41, 5.74) is 1.21. The highest BCUT2D eigenvalue weighted by Gasteiger charge is 2.48. The number of hydrogen-bond acceptors (Lipinski definition) is 2. The van der Waals surface area contributed by atoms with Gasteiger partial charge < -0.3 is 5.32 Å². The van der Waals surface area contributed by atoms with Crippen molar-refractivity contribution in [1.29, 1.82) is 0 Å². The van der Waals surface area contributed by atoms with Crippen LogP contribution in [0.3, 0.4) is 0 Å². The highest BCUT2D eigenvalue weighted by atomic mass is 15.3. The minimum atomic E-state index is 0.729. The Bertz CT molecular complexity index is 395. The first-order valence-corrected chi connectivity index (χ1v) is 7.03. The summed E-state index contributed by atoms with van der Waals surface area (Å²) >= 11 is 0. The van der Waals surface area contributed by atoms with Crippen LogP contribution < -0.4 is 5.32 Å². The highest BCUT2D eigenvalue weighted by Crippen LogP contribution is 2.54. The predicted molar refractivity (Wildman–Crippen MR) is 67.7 cm³/mol. The van der Waals surface area contributed by atoms with Crippen molar-refractivity contribution in [2.75, 3.05) is 5.32 Å². The van der Waals surface area contributed by atoms with Crippen LogP contribution in [0.2, 0.25) is 0 Å². The van der Waals surface area contributed by atoms with Gasteiger partial charge in [0.05, 0.1) is 11.9 Å². The van der Waals surface area contributed by atoms with Gasteiger partial charge in [0.1, 0.15) is 0 Å². The molecule has 4 aliphatic rings. The van der Waals surface area contributed by atoms with Crippen molar-refractivity contribution in [2.24, 2.45) is 30.7 Å². The van der Waals surface area contributed by atoms with Crippen LogP contribution in [0.5, 0.6) is 0 Å². The van der Waals surface area contributed by atoms with Crippen molar-refractivity contribution in [1.82, 2.24) is 9.78 Å². The molecule has 4 saturated carbocycles. The number of hydrogen-bond donors (Lipinski definition) is 1. The average Bonchev–Trinajstić information content (AvgIpc) is 2.68. The van der Waals surface area contributed by atoms with Gasteiger partial charge in [-0.05, 0) is 55.8 Å². The first-order valence-electron chi connectivity index (χ1n) is 7.03. The molecule has 1 aromatic heterocycles. The first-order chi connectivity index (χ1) is 8.28. The molecule has 0 saturated heterocycles. The van der Waals surface area contributed by atoms with Crippen molar-refractivity contribution in [3.8, 4) is 0 Å². The number of rotatable bonds is 2. The van der Waals surface area contributed by atoms with Crippen LogP contribution >= 0.6 is 0 Å². The smallest absolute Gasteiger partial charge is 0.0728 e. The molecule has 92 valence electrons. The molecule has 0 aliphatic heterocycles. The Kier molecular flexibility index (Phi) is 2.06. The van der Waals surface area contributed by atoms with Crippen LogP contribution in [0.1, 0.15) is 32.1 Å². The lowest BCUT2D eigenvalue weighted by Crippen LogP contribution is -2.51. The van der Waals surface area contributed by atoms with E-state index in [-0.39, 0.29) is 0 Å². The van der Waals surface area contributed by atoms with E-state index >= 15 is 0 Å². The molecule has 17 heavy (non-hydrogen) atoms. The van der Waals surface area contributed by atoms with Gasteiger partial charge in [0, 0.05) is 19.3 Å². The Morgan fingerprint density at radius 1 is 1.12 bits per heavy atom. The van der Waals surface area contributed by atoms with E-state index in [1.54, 1.807) is 0 Å². The third-order valence-electron chi connectivity index (χ3n) is 5.26. The number of aromatic nitrogens is 2. The fraction of sp³-hybridized carbons (Fsp3) is 0.786. The molecular weight excluding hydrogens is 210 g/mol. The Hall–Kier alpha value is -0.990. The van der Waals surface area contributed by atoms with Gasteiger partial charge in [-0.3, -0.25) is 4.68 Å². The van der Waals surface area contributed by atoms with Crippen molar-refractivity contribution < 1.29 is 0 Å². The van der Waals surface area contributed by atoms with Crippen LogP contribution in [0.4, 0.5) is 5.69 Å². The molecule has 1 heterocycles. The lowest BCUT2D eigenvalue weighted by molar-refractivity contribution is 0.00754. The van der Waals surface area contributed by atoms with E-state index in [0.717, 1.165) is 29.7 Å². The highest BCUT2D eigenvalue weighted by molar-refractivity contribution is 5.40. The third-order valence-corrected chi connectivity index (χ3v) is 5.26. The molecule has 3 nitrogen and oxygen atoms in total. The molecule has 0 unspecified atom stereocenters. The van der Waals surface area contributed by atoms with Crippen molar-refractivity contribution in [3.63, 3.8) is 0 Å². The number of aryl methyl sites for hydroxylation is 1. The molecule has 4 aliphatic carbocycles. The van der Waals surface area contributed by atoms with E-state index in [1.165, 1.54) is 37.8 Å². The molecular formula is C14H21N3. The number of nitrogens with zero attached hydrogens (tertiary/aromatic N) is 2. The van der Waals surface area contributed by atoms with Crippen molar-refractivity contribution in [2.45, 2.75) is 38.1 Å². The molecule has 4 fully saturated rings. The molecule has 1 N–H and O–H groups in total. The summed E-state index contributed by atoms with van der Waals surface area (Å²) < 4.78 is 1.89. The van der Waals surface area contributed by atoms with Gasteiger partial charge in [-0.15, -0.1) is 0 Å². The minimum absolute atomic E-state index is 0.729. The predicted octanol–water partition coefficient (Wildman–Crippen LogP) is 2.66. The second-order valence-electron chi connectivity index (χ2n) is 6.50. The van der Waals surface area contributed by atoms with Crippen LogP contribution in [0, 0.1) is 23.7 Å². The fourth-order valence-corrected chi connectivity index (χ4v) is 4.85. The van der Waals surface area contributed by atoms with Gasteiger partial charge in [0.25, 0.3) is 0 Å². The van der Waals surface area contributed by atoms with E-state index in [9.17, 15) is 0 Å². The molecule has 4 bridgehead atoms. The van der Waals surface area contributed by atoms with Gasteiger partial charge in [0.2, 0.25) is 0 Å². The summed E-state index contributed by atoms with van der Waals surface area (Å²) in [5.74, 6) is 3.99. The summed E-state index contributed by atoms with van der Waals surface area (Å²) in [4.78, 5) is 0. The topological polar surface area (TPSA) is 29.9 Å². The van der Waals surface area contributed by atoms with Gasteiger partial charge in [-0.2, -0.15) is 5.10 Å². The zero-order chi connectivity index (χ0) is 11.4. The Morgan fingerprint density at radius 3 is 2.29 bits per heavy atom. The maximum absolute atomic E-state index is 4.25. The van der Waals surface area contributed by atoms with E-state index in [4.69, 9.17) is 0 Å². The second kappa shape index (κ2) is 3.50. The van der Waals surface area contributed by atoms with Gasteiger partial charge in [-0.1, -0.05) is 0 Å². The molecule has 0 atom stereocenters. The monoisotopic (exact) mass is 231 g/mol. The molecule has 1 aromatic rings. The van der Waals surface area contributed by atoms with Gasteiger partial charge >= 0.3 is 0 Å². The second-order valence-corrected chi connectivity index (χ2v) is 6.50. The number of anilines is 1. The third kappa shape index (κ3) is 1.59. The summed E-state index contributed by atoms with van der Waals surface area (Å²) in [6.07, 6.45) is 11.5. The summed E-state index contributed by atoms with van der Waals surface area (Å²) in [6, 6.07) is 0.729. The van der Waals surface area contributed by atoms with E-state index in [0.29, 0.717) is 0 Å². The van der Waals surface area contributed by atoms with Crippen LogP contribution in [0.15, 0.2) is 12.4 Å². The molecule has 0 spiro atoms. The average molecular weight is 231 g/mol. The Labute approximate surface area is 103 Å². The molecule has 3 heteroatoms. The largest absolute Gasteiger partial charge is 0.379 e. The summed E-state index contributed by atoms with van der Waals surface area (Å²) in [6.45, 7) is 0. The van der Waals surface area contributed by atoms with Crippen LogP contribution in [-0.4, -0.2) is 15.8 Å². The number of nitrogens with one attached hydrogen (secondary N) is 1. The molecule has 0 amide bonds. The van der Waals surface area contributed by atoms with Crippen LogP contribution in [0.25, 0.3) is 0 Å². The Balaban J connectivity index is 1.54. The van der Waals surface area contributed by atoms with Crippen molar-refractivity contribution >= 4 is 5.69 Å². The van der Waals surface area contributed by atoms with E-state index < -0.39 is 0 Å². The van der Waals surface area contributed by atoms with Gasteiger partial charge in [-0.25, -0.2) is 0 Å². The maximum atomic E-state index is 4.25. The zero-order valence-electron chi connectivity index (χ0n) is 10.5. The normalized spacial score (nSPS) is 43.0. The summed E-state index contributed by atoms with van der Waals surface area (Å²) in [7, 11) is 1.99. The standard InChI is InChI=1S/C14H21N3/c1-17-8-13(7-15-17)16-14-11-3-9-2-10(5-11)6-12(14)4-9/h7-12,14,16H,2-6H2,1H3. The lowest BCUT2D eigenvalue weighted by atomic mass is 9.54. The zero-order valence-corrected chi connectivity index (χ0v) is 10.5. The lowest BCUT2D eigenvalue weighted by Gasteiger charge is -2.54. The minimum Gasteiger partial charge on any atom is -0.379 e. The fourth-order valence-electron chi connectivity index (χ4n) is 4.85. The molecule has 0 radical (unpaired) electrons. The quantitative estimate of drug-likeness (QED) is 0.848. The van der Waals surface area contributed by atoms with E-state index in [1.807, 2.05) is 17.9 Å². The Morgan fingerprint density at radius 2 is 1.76 bits per heavy atom. The van der Waals surface area contributed by atoms with E-state index in [2.05, 4.69) is 16.6 Å². The molecule has 0 aromatic carbocycles. The van der Waals surface area contributed by atoms with Crippen molar-refractivity contribution in [3.05, 3.63) is 12.4 Å². The molecule has 5 rings (SSSR count). The van der Waals surface area contributed by atoms with Crippen LogP contribution in [-0.2, 0) is 7.05 Å². The summed E-state index contributed by atoms with van der Waals surface area (Å²) in [5, 5.41) is 8.02.